The lowest BCUT2D eigenvalue weighted by molar-refractivity contribution is 0.0977. The van der Waals surface area contributed by atoms with E-state index in [1.165, 1.54) is 4.88 Å². The van der Waals surface area contributed by atoms with Crippen LogP contribution in [0.1, 0.15) is 39.7 Å². The number of rotatable bonds is 2. The van der Waals surface area contributed by atoms with Crippen molar-refractivity contribution in [3.05, 3.63) is 50.3 Å². The molecule has 3 rings (SSSR count). The normalized spacial score (nSPS) is 15.8. The highest BCUT2D eigenvalue weighted by molar-refractivity contribution is 9.10. The SMILES string of the molecule is CC1CCc2c(sc(NC(=S)NC(=O)c3ccc(Br)cc3)c2C#N)C1. The summed E-state index contributed by atoms with van der Waals surface area (Å²) in [6.07, 6.45) is 3.02. The van der Waals surface area contributed by atoms with Crippen LogP contribution in [-0.4, -0.2) is 11.0 Å². The summed E-state index contributed by atoms with van der Waals surface area (Å²) >= 11 is 10.2. The van der Waals surface area contributed by atoms with E-state index in [0.717, 1.165) is 34.3 Å². The van der Waals surface area contributed by atoms with E-state index >= 15 is 0 Å². The van der Waals surface area contributed by atoms with Gasteiger partial charge in [0.05, 0.1) is 5.56 Å². The first-order chi connectivity index (χ1) is 12.0. The molecule has 25 heavy (non-hydrogen) atoms. The van der Waals surface area contributed by atoms with Crippen LogP contribution in [0.4, 0.5) is 5.00 Å². The third kappa shape index (κ3) is 4.09. The minimum absolute atomic E-state index is 0.205. The van der Waals surface area contributed by atoms with Gasteiger partial charge >= 0.3 is 0 Å². The Hall–Kier alpha value is -1.75. The molecule has 2 aromatic rings. The number of nitriles is 1. The van der Waals surface area contributed by atoms with Gasteiger partial charge in [-0.1, -0.05) is 22.9 Å². The number of halogens is 1. The predicted octanol–water partition coefficient (Wildman–Crippen LogP) is 4.63. The van der Waals surface area contributed by atoms with Crippen molar-refractivity contribution in [3.8, 4) is 6.07 Å². The molecule has 1 unspecified atom stereocenters. The van der Waals surface area contributed by atoms with Gasteiger partial charge in [0.15, 0.2) is 5.11 Å². The van der Waals surface area contributed by atoms with E-state index in [9.17, 15) is 10.1 Å². The van der Waals surface area contributed by atoms with Crippen molar-refractivity contribution in [2.45, 2.75) is 26.2 Å². The van der Waals surface area contributed by atoms with Gasteiger partial charge in [-0.15, -0.1) is 11.3 Å². The van der Waals surface area contributed by atoms with E-state index in [4.69, 9.17) is 12.2 Å². The van der Waals surface area contributed by atoms with Gasteiger partial charge in [-0.05, 0) is 67.2 Å². The second-order valence-electron chi connectivity index (χ2n) is 6.08. The Bertz CT molecular complexity index is 868. The smallest absolute Gasteiger partial charge is 0.257 e. The molecular formula is C18H16BrN3OS2. The van der Waals surface area contributed by atoms with Crippen LogP contribution in [-0.2, 0) is 12.8 Å². The lowest BCUT2D eigenvalue weighted by atomic mass is 9.89. The summed E-state index contributed by atoms with van der Waals surface area (Å²) < 4.78 is 0.904. The maximum atomic E-state index is 12.2. The monoisotopic (exact) mass is 433 g/mol. The largest absolute Gasteiger partial charge is 0.323 e. The lowest BCUT2D eigenvalue weighted by Crippen LogP contribution is -2.34. The lowest BCUT2D eigenvalue weighted by Gasteiger charge is -2.17. The van der Waals surface area contributed by atoms with Gasteiger partial charge in [0.1, 0.15) is 11.1 Å². The number of amides is 1. The van der Waals surface area contributed by atoms with E-state index in [-0.39, 0.29) is 11.0 Å². The average Bonchev–Trinajstić information content (AvgIpc) is 2.90. The molecule has 0 fully saturated rings. The Morgan fingerprint density at radius 1 is 1.40 bits per heavy atom. The molecule has 1 aromatic heterocycles. The highest BCUT2D eigenvalue weighted by Gasteiger charge is 2.24. The van der Waals surface area contributed by atoms with Crippen molar-refractivity contribution in [1.82, 2.24) is 5.32 Å². The Kier molecular flexibility index (Phi) is 5.52. The van der Waals surface area contributed by atoms with Crippen molar-refractivity contribution < 1.29 is 4.79 Å². The van der Waals surface area contributed by atoms with Crippen molar-refractivity contribution in [2.24, 2.45) is 5.92 Å². The summed E-state index contributed by atoms with van der Waals surface area (Å²) in [5, 5.41) is 16.1. The Balaban J connectivity index is 1.72. The van der Waals surface area contributed by atoms with Crippen LogP contribution >= 0.6 is 39.5 Å². The van der Waals surface area contributed by atoms with Crippen LogP contribution in [0.15, 0.2) is 28.7 Å². The number of thiophene rings is 1. The number of carbonyl (C=O) groups excluding carboxylic acids is 1. The minimum Gasteiger partial charge on any atom is -0.323 e. The van der Waals surface area contributed by atoms with E-state index in [0.29, 0.717) is 17.0 Å². The molecule has 1 aliphatic carbocycles. The van der Waals surface area contributed by atoms with Crippen LogP contribution in [0, 0.1) is 17.2 Å². The second-order valence-corrected chi connectivity index (χ2v) is 8.51. The second kappa shape index (κ2) is 7.65. The topological polar surface area (TPSA) is 64.9 Å². The number of hydrogen-bond acceptors (Lipinski definition) is 4. The summed E-state index contributed by atoms with van der Waals surface area (Å²) in [6, 6.07) is 9.32. The molecule has 0 spiro atoms. The molecule has 1 heterocycles. The van der Waals surface area contributed by atoms with Gasteiger partial charge < -0.3 is 5.32 Å². The van der Waals surface area contributed by atoms with Crippen molar-refractivity contribution in [2.75, 3.05) is 5.32 Å². The molecular weight excluding hydrogens is 418 g/mol. The number of thiocarbonyl (C=S) groups is 1. The van der Waals surface area contributed by atoms with Crippen LogP contribution in [0.2, 0.25) is 0 Å². The molecule has 0 radical (unpaired) electrons. The molecule has 0 aliphatic heterocycles. The zero-order valence-electron chi connectivity index (χ0n) is 13.6. The molecule has 1 atom stereocenters. The third-order valence-corrected chi connectivity index (χ3v) is 6.09. The van der Waals surface area contributed by atoms with Crippen molar-refractivity contribution in [1.29, 1.82) is 5.26 Å². The molecule has 1 amide bonds. The quantitative estimate of drug-likeness (QED) is 0.677. The van der Waals surface area contributed by atoms with Crippen LogP contribution < -0.4 is 10.6 Å². The molecule has 7 heteroatoms. The van der Waals surface area contributed by atoms with Crippen LogP contribution in [0.5, 0.6) is 0 Å². The fraction of sp³-hybridized carbons (Fsp3) is 0.278. The molecule has 128 valence electrons. The first kappa shape index (κ1) is 18.1. The van der Waals surface area contributed by atoms with Crippen LogP contribution in [0.3, 0.4) is 0 Å². The molecule has 4 nitrogen and oxygen atoms in total. The summed E-state index contributed by atoms with van der Waals surface area (Å²) in [5.41, 5.74) is 2.31. The number of benzene rings is 1. The van der Waals surface area contributed by atoms with E-state index < -0.39 is 0 Å². The Labute approximate surface area is 164 Å². The summed E-state index contributed by atoms with van der Waals surface area (Å²) in [7, 11) is 0. The van der Waals surface area contributed by atoms with Gasteiger partial charge in [0.25, 0.3) is 5.91 Å². The van der Waals surface area contributed by atoms with Gasteiger partial charge in [0.2, 0.25) is 0 Å². The average molecular weight is 434 g/mol. The third-order valence-electron chi connectivity index (χ3n) is 4.18. The first-order valence-electron chi connectivity index (χ1n) is 7.90. The maximum absolute atomic E-state index is 12.2. The Morgan fingerprint density at radius 2 is 2.12 bits per heavy atom. The van der Waals surface area contributed by atoms with Crippen LogP contribution in [0.25, 0.3) is 0 Å². The molecule has 1 aliphatic rings. The van der Waals surface area contributed by atoms with Crippen molar-refractivity contribution in [3.63, 3.8) is 0 Å². The number of hydrogen-bond donors (Lipinski definition) is 2. The van der Waals surface area contributed by atoms with E-state index in [2.05, 4.69) is 39.6 Å². The summed E-state index contributed by atoms with van der Waals surface area (Å²) in [5.74, 6) is 0.355. The predicted molar refractivity (Wildman–Crippen MR) is 108 cm³/mol. The van der Waals surface area contributed by atoms with Gasteiger partial charge in [0, 0.05) is 14.9 Å². The minimum atomic E-state index is -0.279. The van der Waals surface area contributed by atoms with Gasteiger partial charge in [-0.25, -0.2) is 0 Å². The maximum Gasteiger partial charge on any atom is 0.257 e. The highest BCUT2D eigenvalue weighted by Crippen LogP contribution is 2.39. The molecule has 1 aromatic carbocycles. The fourth-order valence-electron chi connectivity index (χ4n) is 2.87. The number of nitrogens with one attached hydrogen (secondary N) is 2. The zero-order chi connectivity index (χ0) is 18.0. The van der Waals surface area contributed by atoms with E-state index in [1.807, 2.05) is 0 Å². The number of fused-ring (bicyclic) bond motifs is 1. The number of anilines is 1. The molecule has 0 saturated carbocycles. The highest BCUT2D eigenvalue weighted by atomic mass is 79.9. The molecule has 0 bridgehead atoms. The molecule has 0 saturated heterocycles. The summed E-state index contributed by atoms with van der Waals surface area (Å²) in [4.78, 5) is 13.5. The van der Waals surface area contributed by atoms with Crippen molar-refractivity contribution >= 4 is 55.5 Å². The van der Waals surface area contributed by atoms with E-state index in [1.54, 1.807) is 35.6 Å². The first-order valence-corrected chi connectivity index (χ1v) is 9.92. The fourth-order valence-corrected chi connectivity index (χ4v) is 4.76. The number of nitrogens with zero attached hydrogens (tertiary/aromatic N) is 1. The number of carbonyl (C=O) groups is 1. The summed E-state index contributed by atoms with van der Waals surface area (Å²) in [6.45, 7) is 2.23. The Morgan fingerprint density at radius 3 is 2.80 bits per heavy atom. The standard InChI is InChI=1S/C18H16BrN3OS2/c1-10-2-7-13-14(9-20)17(25-15(13)8-10)22-18(24)21-16(23)11-3-5-12(19)6-4-11/h3-6,10H,2,7-8H2,1H3,(H2,21,22,23,24). The zero-order valence-corrected chi connectivity index (χ0v) is 16.8. The van der Waals surface area contributed by atoms with Gasteiger partial charge in [-0.3, -0.25) is 10.1 Å². The molecule has 2 N–H and O–H groups in total. The van der Waals surface area contributed by atoms with Gasteiger partial charge in [-0.2, -0.15) is 5.26 Å².